The SMILES string of the molecule is Cc1ccc(SN(CC(=O)NCCc2ccc(F)cc2)c2cccc(Cl)c2C)cc1. The van der Waals surface area contributed by atoms with Gasteiger partial charge in [-0.05, 0) is 79.7 Å². The first-order chi connectivity index (χ1) is 14.4. The molecule has 0 radical (unpaired) electrons. The summed E-state index contributed by atoms with van der Waals surface area (Å²) in [4.78, 5) is 13.7. The van der Waals surface area contributed by atoms with E-state index < -0.39 is 0 Å². The van der Waals surface area contributed by atoms with Gasteiger partial charge in [0, 0.05) is 16.5 Å². The summed E-state index contributed by atoms with van der Waals surface area (Å²) in [7, 11) is 0. The molecular formula is C24H24ClFN2OS. The monoisotopic (exact) mass is 442 g/mol. The number of amides is 1. The van der Waals surface area contributed by atoms with Gasteiger partial charge in [0.1, 0.15) is 12.4 Å². The second kappa shape index (κ2) is 10.5. The van der Waals surface area contributed by atoms with Crippen LogP contribution in [-0.4, -0.2) is 19.0 Å². The van der Waals surface area contributed by atoms with E-state index in [1.165, 1.54) is 29.6 Å². The summed E-state index contributed by atoms with van der Waals surface area (Å²) in [5.41, 5.74) is 4.00. The fraction of sp³-hybridized carbons (Fsp3) is 0.208. The van der Waals surface area contributed by atoms with Crippen molar-refractivity contribution < 1.29 is 9.18 Å². The molecule has 156 valence electrons. The zero-order valence-electron chi connectivity index (χ0n) is 17.0. The molecule has 3 aromatic rings. The van der Waals surface area contributed by atoms with Crippen molar-refractivity contribution in [3.63, 3.8) is 0 Å². The van der Waals surface area contributed by atoms with Crippen LogP contribution in [-0.2, 0) is 11.2 Å². The summed E-state index contributed by atoms with van der Waals surface area (Å²) in [5.74, 6) is -0.348. The van der Waals surface area contributed by atoms with Gasteiger partial charge in [-0.1, -0.05) is 47.5 Å². The topological polar surface area (TPSA) is 32.3 Å². The second-order valence-electron chi connectivity index (χ2n) is 7.05. The van der Waals surface area contributed by atoms with Gasteiger partial charge in [0.15, 0.2) is 0 Å². The first-order valence-electron chi connectivity index (χ1n) is 9.71. The highest BCUT2D eigenvalue weighted by molar-refractivity contribution is 8.00. The first-order valence-corrected chi connectivity index (χ1v) is 10.9. The van der Waals surface area contributed by atoms with Crippen LogP contribution in [0.15, 0.2) is 71.6 Å². The molecule has 0 heterocycles. The van der Waals surface area contributed by atoms with Crippen LogP contribution in [0.4, 0.5) is 10.1 Å². The van der Waals surface area contributed by atoms with E-state index in [2.05, 4.69) is 5.32 Å². The standard InChI is InChI=1S/C24H24ClFN2OS/c1-17-6-12-21(13-7-17)30-28(23-5-3-4-22(25)18(23)2)16-24(29)27-15-14-19-8-10-20(26)11-9-19/h3-13H,14-16H2,1-2H3,(H,27,29). The van der Waals surface area contributed by atoms with Gasteiger partial charge in [0.25, 0.3) is 0 Å². The van der Waals surface area contributed by atoms with Crippen LogP contribution in [0.3, 0.4) is 0 Å². The van der Waals surface area contributed by atoms with Crippen molar-refractivity contribution in [1.82, 2.24) is 5.32 Å². The first kappa shape index (κ1) is 22.2. The molecule has 0 unspecified atom stereocenters. The number of carbonyl (C=O) groups is 1. The predicted molar refractivity (Wildman–Crippen MR) is 124 cm³/mol. The van der Waals surface area contributed by atoms with Crippen molar-refractivity contribution in [3.8, 4) is 0 Å². The summed E-state index contributed by atoms with van der Waals surface area (Å²) >= 11 is 7.82. The number of hydrogen-bond donors (Lipinski definition) is 1. The molecule has 0 bridgehead atoms. The number of hydrogen-bond acceptors (Lipinski definition) is 3. The lowest BCUT2D eigenvalue weighted by atomic mass is 10.1. The van der Waals surface area contributed by atoms with Gasteiger partial charge in [0.2, 0.25) is 5.91 Å². The molecular weight excluding hydrogens is 419 g/mol. The number of halogens is 2. The van der Waals surface area contributed by atoms with Crippen LogP contribution >= 0.6 is 23.5 Å². The van der Waals surface area contributed by atoms with E-state index in [-0.39, 0.29) is 18.3 Å². The summed E-state index contributed by atoms with van der Waals surface area (Å²) < 4.78 is 15.0. The molecule has 0 atom stereocenters. The number of aryl methyl sites for hydroxylation is 1. The summed E-state index contributed by atoms with van der Waals surface area (Å²) in [6.45, 7) is 4.67. The second-order valence-corrected chi connectivity index (χ2v) is 8.55. The van der Waals surface area contributed by atoms with Crippen LogP contribution in [0, 0.1) is 19.7 Å². The number of anilines is 1. The van der Waals surface area contributed by atoms with Crippen LogP contribution in [0.25, 0.3) is 0 Å². The summed E-state index contributed by atoms with van der Waals surface area (Å²) in [6, 6.07) is 20.2. The van der Waals surface area contributed by atoms with Gasteiger partial charge in [0.05, 0.1) is 5.69 Å². The van der Waals surface area contributed by atoms with Crippen LogP contribution in [0.2, 0.25) is 5.02 Å². The molecule has 1 N–H and O–H groups in total. The molecule has 0 aliphatic heterocycles. The number of nitrogens with zero attached hydrogens (tertiary/aromatic N) is 1. The Morgan fingerprint density at radius 1 is 1.03 bits per heavy atom. The normalized spacial score (nSPS) is 10.7. The Labute approximate surface area is 186 Å². The third kappa shape index (κ3) is 6.25. The molecule has 6 heteroatoms. The van der Waals surface area contributed by atoms with Gasteiger partial charge < -0.3 is 9.62 Å². The minimum atomic E-state index is -0.261. The molecule has 0 saturated heterocycles. The molecule has 0 aromatic heterocycles. The van der Waals surface area contributed by atoms with E-state index in [0.717, 1.165) is 21.7 Å². The van der Waals surface area contributed by atoms with E-state index in [1.54, 1.807) is 12.1 Å². The Bertz CT molecular complexity index is 993. The van der Waals surface area contributed by atoms with Crippen LogP contribution < -0.4 is 9.62 Å². The maximum Gasteiger partial charge on any atom is 0.240 e. The number of carbonyl (C=O) groups excluding carboxylic acids is 1. The van der Waals surface area contributed by atoms with Crippen molar-refractivity contribution in [3.05, 3.63) is 94.3 Å². The van der Waals surface area contributed by atoms with Gasteiger partial charge in [-0.3, -0.25) is 4.79 Å². The average Bonchev–Trinajstić information content (AvgIpc) is 2.73. The predicted octanol–water partition coefficient (Wildman–Crippen LogP) is 5.97. The highest BCUT2D eigenvalue weighted by Gasteiger charge is 2.16. The van der Waals surface area contributed by atoms with E-state index in [4.69, 9.17) is 11.6 Å². The molecule has 3 rings (SSSR count). The van der Waals surface area contributed by atoms with Gasteiger partial charge in [-0.2, -0.15) is 0 Å². The van der Waals surface area contributed by atoms with Gasteiger partial charge in [-0.25, -0.2) is 4.39 Å². The molecule has 0 fully saturated rings. The summed E-state index contributed by atoms with van der Waals surface area (Å²) in [6.07, 6.45) is 0.646. The molecule has 1 amide bonds. The Hall–Kier alpha value is -2.50. The lowest BCUT2D eigenvalue weighted by molar-refractivity contribution is -0.119. The van der Waals surface area contributed by atoms with Crippen molar-refractivity contribution in [2.45, 2.75) is 25.2 Å². The fourth-order valence-corrected chi connectivity index (χ4v) is 4.10. The van der Waals surface area contributed by atoms with Crippen LogP contribution in [0.5, 0.6) is 0 Å². The minimum absolute atomic E-state index is 0.0869. The van der Waals surface area contributed by atoms with Gasteiger partial charge in [-0.15, -0.1) is 0 Å². The minimum Gasteiger partial charge on any atom is -0.354 e. The lowest BCUT2D eigenvalue weighted by Gasteiger charge is -2.25. The maximum absolute atomic E-state index is 13.0. The van der Waals surface area contributed by atoms with Crippen LogP contribution in [0.1, 0.15) is 16.7 Å². The van der Waals surface area contributed by atoms with E-state index in [0.29, 0.717) is 18.0 Å². The molecule has 0 saturated carbocycles. The fourth-order valence-electron chi connectivity index (χ4n) is 2.94. The Balaban J connectivity index is 1.68. The smallest absolute Gasteiger partial charge is 0.240 e. The highest BCUT2D eigenvalue weighted by Crippen LogP contribution is 2.34. The molecule has 0 aliphatic carbocycles. The summed E-state index contributed by atoms with van der Waals surface area (Å²) in [5, 5.41) is 3.62. The third-order valence-corrected chi connectivity index (χ3v) is 6.12. The highest BCUT2D eigenvalue weighted by atomic mass is 35.5. The van der Waals surface area contributed by atoms with Crippen molar-refractivity contribution in [1.29, 1.82) is 0 Å². The third-order valence-electron chi connectivity index (χ3n) is 4.68. The molecule has 0 spiro atoms. The number of nitrogens with one attached hydrogen (secondary N) is 1. The Kier molecular flexibility index (Phi) is 7.77. The lowest BCUT2D eigenvalue weighted by Crippen LogP contribution is -2.35. The Morgan fingerprint density at radius 2 is 1.73 bits per heavy atom. The molecule has 3 aromatic carbocycles. The van der Waals surface area contributed by atoms with E-state index >= 15 is 0 Å². The van der Waals surface area contributed by atoms with E-state index in [1.807, 2.05) is 60.6 Å². The van der Waals surface area contributed by atoms with Crippen molar-refractivity contribution in [2.75, 3.05) is 17.4 Å². The van der Waals surface area contributed by atoms with Crippen molar-refractivity contribution in [2.24, 2.45) is 0 Å². The zero-order valence-corrected chi connectivity index (χ0v) is 18.6. The molecule has 3 nitrogen and oxygen atoms in total. The zero-order chi connectivity index (χ0) is 21.5. The van der Waals surface area contributed by atoms with Gasteiger partial charge >= 0.3 is 0 Å². The average molecular weight is 443 g/mol. The quantitative estimate of drug-likeness (QED) is 0.436. The molecule has 30 heavy (non-hydrogen) atoms. The number of rotatable bonds is 8. The Morgan fingerprint density at radius 3 is 2.43 bits per heavy atom. The molecule has 0 aliphatic rings. The van der Waals surface area contributed by atoms with Crippen molar-refractivity contribution >= 4 is 35.1 Å². The maximum atomic E-state index is 13.0. The number of benzene rings is 3. The largest absolute Gasteiger partial charge is 0.354 e. The van der Waals surface area contributed by atoms with E-state index in [9.17, 15) is 9.18 Å².